The quantitative estimate of drug-likeness (QED) is 0.380. The summed E-state index contributed by atoms with van der Waals surface area (Å²) in [5.41, 5.74) is 2.59. The van der Waals surface area contributed by atoms with E-state index in [0.717, 1.165) is 26.4 Å². The minimum absolute atomic E-state index is 0.125. The fraction of sp³-hybridized carbons (Fsp3) is 0.0769. The highest BCUT2D eigenvalue weighted by atomic mass is 79.9. The molecule has 0 saturated heterocycles. The molecular weight excluding hydrogens is 471 g/mol. The number of rotatable bonds is 2. The molecule has 1 aliphatic rings. The summed E-state index contributed by atoms with van der Waals surface area (Å²) in [6.07, 6.45) is 0. The maximum atomic E-state index is 13.7. The minimum atomic E-state index is -0.568. The first kappa shape index (κ1) is 20.4. The van der Waals surface area contributed by atoms with Crippen molar-refractivity contribution in [3.63, 3.8) is 0 Å². The van der Waals surface area contributed by atoms with Gasteiger partial charge in [0.1, 0.15) is 12.4 Å². The van der Waals surface area contributed by atoms with Crippen LogP contribution in [0.15, 0.2) is 89.4 Å². The maximum absolute atomic E-state index is 13.7. The van der Waals surface area contributed by atoms with Gasteiger partial charge in [0.05, 0.1) is 6.04 Å². The molecular formula is C26H18BrFN2O2. The molecule has 0 aliphatic carbocycles. The molecule has 1 atom stereocenters. The smallest absolute Gasteiger partial charge is 0.255 e. The Hall–Kier alpha value is -3.51. The van der Waals surface area contributed by atoms with E-state index < -0.39 is 6.04 Å². The summed E-state index contributed by atoms with van der Waals surface area (Å²) in [7, 11) is 0. The number of nitrogens with zero attached hydrogens (tertiary/aromatic N) is 1. The second-order valence-corrected chi connectivity index (χ2v) is 8.64. The number of benzene rings is 4. The highest BCUT2D eigenvalue weighted by Crippen LogP contribution is 2.38. The summed E-state index contributed by atoms with van der Waals surface area (Å²) in [6, 6.07) is 24.3. The number of anilines is 1. The summed E-state index contributed by atoms with van der Waals surface area (Å²) in [4.78, 5) is 28.0. The second-order valence-electron chi connectivity index (χ2n) is 7.73. The largest absolute Gasteiger partial charge is 0.324 e. The van der Waals surface area contributed by atoms with Crippen molar-refractivity contribution >= 4 is 44.2 Å². The molecule has 0 radical (unpaired) electrons. The molecule has 5 rings (SSSR count). The van der Waals surface area contributed by atoms with E-state index in [4.69, 9.17) is 0 Å². The van der Waals surface area contributed by atoms with E-state index in [9.17, 15) is 14.0 Å². The first-order valence-electron chi connectivity index (χ1n) is 10.1. The van der Waals surface area contributed by atoms with Gasteiger partial charge >= 0.3 is 0 Å². The lowest BCUT2D eigenvalue weighted by Crippen LogP contribution is -2.39. The highest BCUT2D eigenvalue weighted by molar-refractivity contribution is 9.10. The average molecular weight is 489 g/mol. The van der Waals surface area contributed by atoms with Gasteiger partial charge in [0.2, 0.25) is 5.91 Å². The number of hydrogen-bond donors (Lipinski definition) is 1. The van der Waals surface area contributed by atoms with E-state index in [2.05, 4.69) is 21.2 Å². The molecule has 1 unspecified atom stereocenters. The van der Waals surface area contributed by atoms with Crippen LogP contribution in [0.25, 0.3) is 10.8 Å². The van der Waals surface area contributed by atoms with Crippen LogP contribution in [0.4, 0.5) is 10.1 Å². The normalized spacial score (nSPS) is 15.8. The van der Waals surface area contributed by atoms with Crippen molar-refractivity contribution in [1.82, 2.24) is 4.90 Å². The number of amides is 2. The summed E-state index contributed by atoms with van der Waals surface area (Å²) >= 11 is 3.50. The van der Waals surface area contributed by atoms with Gasteiger partial charge in [-0.1, -0.05) is 58.4 Å². The summed E-state index contributed by atoms with van der Waals surface area (Å²) in [6.45, 7) is -0.125. The molecule has 0 fully saturated rings. The van der Waals surface area contributed by atoms with Gasteiger partial charge in [-0.3, -0.25) is 9.59 Å². The number of nitrogens with one attached hydrogen (secondary N) is 1. The highest BCUT2D eigenvalue weighted by Gasteiger charge is 2.34. The third kappa shape index (κ3) is 3.78. The molecule has 4 aromatic carbocycles. The summed E-state index contributed by atoms with van der Waals surface area (Å²) in [5, 5.41) is 4.87. The van der Waals surface area contributed by atoms with Crippen LogP contribution in [0.1, 0.15) is 27.5 Å². The Morgan fingerprint density at radius 2 is 1.69 bits per heavy atom. The van der Waals surface area contributed by atoms with Crippen molar-refractivity contribution in [2.24, 2.45) is 0 Å². The van der Waals surface area contributed by atoms with Crippen LogP contribution >= 0.6 is 15.9 Å². The molecule has 6 heteroatoms. The monoisotopic (exact) mass is 488 g/mol. The van der Waals surface area contributed by atoms with Crippen LogP contribution in [0.3, 0.4) is 0 Å². The molecule has 0 bridgehead atoms. The Bertz CT molecular complexity index is 1350. The van der Waals surface area contributed by atoms with Gasteiger partial charge in [0.15, 0.2) is 0 Å². The van der Waals surface area contributed by atoms with Crippen LogP contribution in [-0.2, 0) is 4.79 Å². The molecule has 4 aromatic rings. The van der Waals surface area contributed by atoms with Crippen molar-refractivity contribution in [3.05, 3.63) is 112 Å². The maximum Gasteiger partial charge on any atom is 0.255 e. The second kappa shape index (κ2) is 8.20. The standard InChI is InChI=1S/C26H18BrFN2O2/c27-20-9-12-23-22(14-20)25(17-7-10-21(28)11-8-17)30(15-24(31)29-23)26(32)19-6-5-16-3-1-2-4-18(16)13-19/h1-14,25H,15H2,(H,29,31). The molecule has 0 spiro atoms. The van der Waals surface area contributed by atoms with Crippen molar-refractivity contribution < 1.29 is 14.0 Å². The van der Waals surface area contributed by atoms with Gasteiger partial charge in [0.25, 0.3) is 5.91 Å². The van der Waals surface area contributed by atoms with Gasteiger partial charge in [-0.25, -0.2) is 4.39 Å². The predicted molar refractivity (Wildman–Crippen MR) is 126 cm³/mol. The lowest BCUT2D eigenvalue weighted by Gasteiger charge is -2.31. The number of fused-ring (bicyclic) bond motifs is 2. The Labute approximate surface area is 192 Å². The third-order valence-electron chi connectivity index (χ3n) is 5.65. The molecule has 0 aromatic heterocycles. The van der Waals surface area contributed by atoms with Gasteiger partial charge in [-0.15, -0.1) is 0 Å². The molecule has 1 heterocycles. The molecule has 158 valence electrons. The molecule has 4 nitrogen and oxygen atoms in total. The summed E-state index contributed by atoms with van der Waals surface area (Å²) in [5.74, 6) is -0.918. The molecule has 32 heavy (non-hydrogen) atoms. The fourth-order valence-electron chi connectivity index (χ4n) is 4.16. The van der Waals surface area contributed by atoms with Gasteiger partial charge in [0, 0.05) is 21.3 Å². The Kier molecular flexibility index (Phi) is 5.23. The van der Waals surface area contributed by atoms with Crippen molar-refractivity contribution in [3.8, 4) is 0 Å². The van der Waals surface area contributed by atoms with Gasteiger partial charge in [-0.2, -0.15) is 0 Å². The summed E-state index contributed by atoms with van der Waals surface area (Å²) < 4.78 is 14.5. The predicted octanol–water partition coefficient (Wildman–Crippen LogP) is 5.93. The lowest BCUT2D eigenvalue weighted by atomic mass is 9.95. The van der Waals surface area contributed by atoms with Crippen molar-refractivity contribution in [1.29, 1.82) is 0 Å². The third-order valence-corrected chi connectivity index (χ3v) is 6.14. The molecule has 2 amide bonds. The van der Waals surface area contributed by atoms with E-state index in [1.807, 2.05) is 48.5 Å². The topological polar surface area (TPSA) is 49.4 Å². The number of halogens is 2. The average Bonchev–Trinajstić information content (AvgIpc) is 2.94. The van der Waals surface area contributed by atoms with Gasteiger partial charge < -0.3 is 10.2 Å². The van der Waals surface area contributed by atoms with Crippen LogP contribution in [0.5, 0.6) is 0 Å². The van der Waals surface area contributed by atoms with Crippen LogP contribution in [-0.4, -0.2) is 23.3 Å². The van der Waals surface area contributed by atoms with Crippen LogP contribution < -0.4 is 5.32 Å². The van der Waals surface area contributed by atoms with Crippen LogP contribution in [0.2, 0.25) is 0 Å². The zero-order chi connectivity index (χ0) is 22.2. The minimum Gasteiger partial charge on any atom is -0.324 e. The zero-order valence-corrected chi connectivity index (χ0v) is 18.5. The van der Waals surface area contributed by atoms with Gasteiger partial charge in [-0.05, 0) is 58.8 Å². The van der Waals surface area contributed by atoms with Crippen LogP contribution in [0, 0.1) is 5.82 Å². The lowest BCUT2D eigenvalue weighted by molar-refractivity contribution is -0.117. The van der Waals surface area contributed by atoms with E-state index in [1.165, 1.54) is 12.1 Å². The van der Waals surface area contributed by atoms with E-state index in [-0.39, 0.29) is 24.2 Å². The molecule has 0 saturated carbocycles. The van der Waals surface area contributed by atoms with E-state index >= 15 is 0 Å². The SMILES string of the molecule is O=C1CN(C(=O)c2ccc3ccccc3c2)C(c2ccc(F)cc2)c2cc(Br)ccc2N1. The molecule has 1 N–H and O–H groups in total. The fourth-order valence-corrected chi connectivity index (χ4v) is 4.54. The van der Waals surface area contributed by atoms with E-state index in [1.54, 1.807) is 29.2 Å². The Balaban J connectivity index is 1.67. The Morgan fingerprint density at radius 3 is 2.47 bits per heavy atom. The van der Waals surface area contributed by atoms with Crippen molar-refractivity contribution in [2.45, 2.75) is 6.04 Å². The first-order chi connectivity index (χ1) is 15.5. The van der Waals surface area contributed by atoms with E-state index in [0.29, 0.717) is 11.3 Å². The number of hydrogen-bond acceptors (Lipinski definition) is 2. The molecule has 1 aliphatic heterocycles. The zero-order valence-electron chi connectivity index (χ0n) is 16.9. The Morgan fingerprint density at radius 1 is 0.938 bits per heavy atom. The number of carbonyl (C=O) groups is 2. The first-order valence-corrected chi connectivity index (χ1v) is 10.9. The van der Waals surface area contributed by atoms with Crippen molar-refractivity contribution in [2.75, 3.05) is 11.9 Å². The number of carbonyl (C=O) groups excluding carboxylic acids is 2.